The van der Waals surface area contributed by atoms with Crippen molar-refractivity contribution in [3.05, 3.63) is 0 Å². The van der Waals surface area contributed by atoms with Crippen LogP contribution in [0.1, 0.15) is 58.3 Å². The van der Waals surface area contributed by atoms with Crippen LogP contribution in [0.3, 0.4) is 0 Å². The molecule has 3 N–H and O–H groups in total. The molecule has 3 rings (SSSR count). The molecule has 2 aliphatic carbocycles. The zero-order chi connectivity index (χ0) is 15.0. The van der Waals surface area contributed by atoms with Gasteiger partial charge in [-0.2, -0.15) is 0 Å². The van der Waals surface area contributed by atoms with E-state index >= 15 is 0 Å². The molecule has 0 aromatic carbocycles. The van der Waals surface area contributed by atoms with Crippen molar-refractivity contribution in [2.75, 3.05) is 13.1 Å². The van der Waals surface area contributed by atoms with Crippen LogP contribution in [0, 0.1) is 17.8 Å². The van der Waals surface area contributed by atoms with Gasteiger partial charge in [-0.3, -0.25) is 4.79 Å². The first kappa shape index (κ1) is 15.3. The van der Waals surface area contributed by atoms with Gasteiger partial charge in [0.15, 0.2) is 0 Å². The van der Waals surface area contributed by atoms with E-state index in [1.54, 1.807) is 0 Å². The number of fused-ring (bicyclic) bond motifs is 1. The first-order chi connectivity index (χ1) is 9.99. The number of aliphatic hydroxyl groups is 1. The number of nitrogens with zero attached hydrogens (tertiary/aromatic N) is 1. The van der Waals surface area contributed by atoms with Crippen LogP contribution in [0.4, 0.5) is 0 Å². The summed E-state index contributed by atoms with van der Waals surface area (Å²) in [6.45, 7) is 3.67. The summed E-state index contributed by atoms with van der Waals surface area (Å²) in [6, 6.07) is 0.272. The molecule has 21 heavy (non-hydrogen) atoms. The van der Waals surface area contributed by atoms with Gasteiger partial charge in [0.1, 0.15) is 0 Å². The van der Waals surface area contributed by atoms with Gasteiger partial charge >= 0.3 is 0 Å². The standard InChI is InChI=1S/C17H30N2O2/c1-12-10-14(18)5-6-15(12)16(20)19-9-8-17(21)7-3-2-4-13(17)11-19/h12-15,21H,2-11,18H2,1H3. The number of likely N-dealkylation sites (tertiary alicyclic amines) is 1. The number of nitrogens with two attached hydrogens (primary N) is 1. The minimum absolute atomic E-state index is 0.152. The van der Waals surface area contributed by atoms with Crippen molar-refractivity contribution in [2.45, 2.75) is 69.9 Å². The summed E-state index contributed by atoms with van der Waals surface area (Å²) < 4.78 is 0. The first-order valence-electron chi connectivity index (χ1n) is 8.76. The minimum Gasteiger partial charge on any atom is -0.389 e. The van der Waals surface area contributed by atoms with E-state index in [-0.39, 0.29) is 12.0 Å². The second-order valence-electron chi connectivity index (χ2n) is 7.74. The van der Waals surface area contributed by atoms with Gasteiger partial charge in [-0.15, -0.1) is 0 Å². The Bertz CT molecular complexity index is 400. The lowest BCUT2D eigenvalue weighted by molar-refractivity contribution is -0.150. The van der Waals surface area contributed by atoms with Crippen molar-refractivity contribution >= 4 is 5.91 Å². The van der Waals surface area contributed by atoms with Crippen LogP contribution < -0.4 is 5.73 Å². The molecule has 3 aliphatic rings. The fourth-order valence-corrected chi connectivity index (χ4v) is 4.81. The molecule has 0 radical (unpaired) electrons. The second kappa shape index (κ2) is 5.88. The number of carbonyl (C=O) groups is 1. The summed E-state index contributed by atoms with van der Waals surface area (Å²) in [5.41, 5.74) is 5.52. The molecule has 3 fully saturated rings. The SMILES string of the molecule is CC1CC(N)CCC1C(=O)N1CCC2(O)CCCCC2C1. The van der Waals surface area contributed by atoms with E-state index in [9.17, 15) is 9.90 Å². The molecule has 4 nitrogen and oxygen atoms in total. The van der Waals surface area contributed by atoms with Crippen LogP contribution in [0.5, 0.6) is 0 Å². The fraction of sp³-hybridized carbons (Fsp3) is 0.941. The molecule has 0 aromatic rings. The van der Waals surface area contributed by atoms with Gasteiger partial charge in [-0.25, -0.2) is 0 Å². The third kappa shape index (κ3) is 2.98. The molecule has 4 heteroatoms. The number of rotatable bonds is 1. The zero-order valence-electron chi connectivity index (χ0n) is 13.3. The molecular formula is C17H30N2O2. The van der Waals surface area contributed by atoms with Gasteiger partial charge in [0.2, 0.25) is 5.91 Å². The Morgan fingerprint density at radius 1 is 1.24 bits per heavy atom. The molecule has 0 spiro atoms. The van der Waals surface area contributed by atoms with Gasteiger partial charge in [-0.1, -0.05) is 19.8 Å². The molecule has 2 saturated carbocycles. The Kier molecular flexibility index (Phi) is 4.28. The van der Waals surface area contributed by atoms with Crippen molar-refractivity contribution in [2.24, 2.45) is 23.5 Å². The maximum Gasteiger partial charge on any atom is 0.225 e. The topological polar surface area (TPSA) is 66.6 Å². The molecule has 1 aliphatic heterocycles. The largest absolute Gasteiger partial charge is 0.389 e. The van der Waals surface area contributed by atoms with Crippen molar-refractivity contribution in [1.29, 1.82) is 0 Å². The molecular weight excluding hydrogens is 264 g/mol. The van der Waals surface area contributed by atoms with E-state index in [0.717, 1.165) is 58.0 Å². The van der Waals surface area contributed by atoms with Gasteiger partial charge in [0, 0.05) is 31.0 Å². The second-order valence-corrected chi connectivity index (χ2v) is 7.74. The Hall–Kier alpha value is -0.610. The van der Waals surface area contributed by atoms with Crippen LogP contribution in [0.2, 0.25) is 0 Å². The summed E-state index contributed by atoms with van der Waals surface area (Å²) in [5, 5.41) is 10.7. The van der Waals surface area contributed by atoms with Gasteiger partial charge in [-0.05, 0) is 44.4 Å². The number of carbonyl (C=O) groups excluding carboxylic acids is 1. The third-order valence-electron chi connectivity index (χ3n) is 6.27. The predicted molar refractivity (Wildman–Crippen MR) is 82.6 cm³/mol. The minimum atomic E-state index is -0.491. The van der Waals surface area contributed by atoms with E-state index in [2.05, 4.69) is 6.92 Å². The molecule has 0 aromatic heterocycles. The summed E-state index contributed by atoms with van der Waals surface area (Å²) in [7, 11) is 0. The maximum atomic E-state index is 12.9. The average Bonchev–Trinajstić information content (AvgIpc) is 2.45. The Balaban J connectivity index is 1.63. The van der Waals surface area contributed by atoms with Gasteiger partial charge < -0.3 is 15.7 Å². The Morgan fingerprint density at radius 3 is 2.81 bits per heavy atom. The molecule has 1 saturated heterocycles. The highest BCUT2D eigenvalue weighted by Crippen LogP contribution is 2.41. The van der Waals surface area contributed by atoms with E-state index in [4.69, 9.17) is 5.73 Å². The molecule has 1 heterocycles. The predicted octanol–water partition coefficient (Wildman–Crippen LogP) is 1.90. The molecule has 5 atom stereocenters. The van der Waals surface area contributed by atoms with Crippen LogP contribution in [-0.2, 0) is 4.79 Å². The van der Waals surface area contributed by atoms with Crippen molar-refractivity contribution in [3.8, 4) is 0 Å². The smallest absolute Gasteiger partial charge is 0.225 e. The highest BCUT2D eigenvalue weighted by molar-refractivity contribution is 5.79. The number of hydrogen-bond donors (Lipinski definition) is 2. The monoisotopic (exact) mass is 294 g/mol. The Labute approximate surface area is 128 Å². The van der Waals surface area contributed by atoms with E-state index in [0.29, 0.717) is 17.7 Å². The molecule has 1 amide bonds. The van der Waals surface area contributed by atoms with E-state index < -0.39 is 5.60 Å². The zero-order valence-corrected chi connectivity index (χ0v) is 13.3. The van der Waals surface area contributed by atoms with E-state index in [1.165, 1.54) is 6.42 Å². The van der Waals surface area contributed by atoms with Gasteiger partial charge in [0.25, 0.3) is 0 Å². The van der Waals surface area contributed by atoms with Crippen molar-refractivity contribution in [3.63, 3.8) is 0 Å². The van der Waals surface area contributed by atoms with Gasteiger partial charge in [0.05, 0.1) is 5.60 Å². The highest BCUT2D eigenvalue weighted by Gasteiger charge is 2.45. The third-order valence-corrected chi connectivity index (χ3v) is 6.27. The quantitative estimate of drug-likeness (QED) is 0.776. The number of amides is 1. The van der Waals surface area contributed by atoms with Crippen LogP contribution in [0.15, 0.2) is 0 Å². The van der Waals surface area contributed by atoms with E-state index in [1.807, 2.05) is 4.90 Å². The normalized spacial score (nSPS) is 44.2. The Morgan fingerprint density at radius 2 is 2.05 bits per heavy atom. The number of hydrogen-bond acceptors (Lipinski definition) is 3. The molecule has 120 valence electrons. The highest BCUT2D eigenvalue weighted by atomic mass is 16.3. The van der Waals surface area contributed by atoms with Crippen molar-refractivity contribution in [1.82, 2.24) is 4.90 Å². The first-order valence-corrected chi connectivity index (χ1v) is 8.76. The molecule has 0 bridgehead atoms. The number of piperidine rings is 1. The molecule has 5 unspecified atom stereocenters. The van der Waals surface area contributed by atoms with Crippen molar-refractivity contribution < 1.29 is 9.90 Å². The summed E-state index contributed by atoms with van der Waals surface area (Å²) in [4.78, 5) is 14.9. The lowest BCUT2D eigenvalue weighted by Crippen LogP contribution is -2.56. The lowest BCUT2D eigenvalue weighted by atomic mass is 9.70. The lowest BCUT2D eigenvalue weighted by Gasteiger charge is -2.48. The summed E-state index contributed by atoms with van der Waals surface area (Å²) >= 11 is 0. The summed E-state index contributed by atoms with van der Waals surface area (Å²) in [5.74, 6) is 1.17. The maximum absolute atomic E-state index is 12.9. The fourth-order valence-electron chi connectivity index (χ4n) is 4.81. The van der Waals surface area contributed by atoms with Crippen LogP contribution >= 0.6 is 0 Å². The summed E-state index contributed by atoms with van der Waals surface area (Å²) in [6.07, 6.45) is 7.98. The average molecular weight is 294 g/mol. The van der Waals surface area contributed by atoms with Crippen LogP contribution in [0.25, 0.3) is 0 Å². The van der Waals surface area contributed by atoms with Crippen LogP contribution in [-0.4, -0.2) is 40.6 Å².